The highest BCUT2D eigenvalue weighted by molar-refractivity contribution is 5.46. The third-order valence-corrected chi connectivity index (χ3v) is 3.87. The second-order valence-electron chi connectivity index (χ2n) is 6.45. The molecule has 1 rings (SSSR count). The largest absolute Gasteiger partial charge is 0.371 e. The molecular weight excluding hydrogens is 244 g/mol. The zero-order chi connectivity index (χ0) is 15.0. The second kappa shape index (κ2) is 8.31. The van der Waals surface area contributed by atoms with Gasteiger partial charge in [0.1, 0.15) is 0 Å². The first-order valence-corrected chi connectivity index (χ1v) is 8.04. The Hall–Kier alpha value is -1.02. The van der Waals surface area contributed by atoms with Crippen molar-refractivity contribution in [1.29, 1.82) is 0 Å². The average Bonchev–Trinajstić information content (AvgIpc) is 2.44. The predicted octanol–water partition coefficient (Wildman–Crippen LogP) is 4.32. The van der Waals surface area contributed by atoms with E-state index in [0.717, 1.165) is 19.6 Å². The van der Waals surface area contributed by atoms with Crippen LogP contribution in [-0.2, 0) is 0 Å². The maximum absolute atomic E-state index is 3.63. The van der Waals surface area contributed by atoms with Crippen LogP contribution in [0.2, 0.25) is 0 Å². The highest BCUT2D eigenvalue weighted by Crippen LogP contribution is 2.27. The number of nitrogens with zero attached hydrogens (tertiary/aromatic N) is 1. The van der Waals surface area contributed by atoms with E-state index in [9.17, 15) is 0 Å². The molecule has 0 saturated heterocycles. The highest BCUT2D eigenvalue weighted by atomic mass is 15.1. The first-order chi connectivity index (χ1) is 9.50. The highest BCUT2D eigenvalue weighted by Gasteiger charge is 2.26. The molecule has 114 valence electrons. The molecule has 2 heteroatoms. The van der Waals surface area contributed by atoms with Gasteiger partial charge in [-0.2, -0.15) is 0 Å². The summed E-state index contributed by atoms with van der Waals surface area (Å²) in [5.41, 5.74) is 1.66. The van der Waals surface area contributed by atoms with E-state index in [1.165, 1.54) is 18.5 Å². The lowest BCUT2D eigenvalue weighted by atomic mass is 9.84. The maximum atomic E-state index is 3.63. The molecule has 1 atom stereocenters. The van der Waals surface area contributed by atoms with Gasteiger partial charge in [0.2, 0.25) is 0 Å². The Morgan fingerprint density at radius 2 is 1.80 bits per heavy atom. The molecule has 0 fully saturated rings. The zero-order valence-electron chi connectivity index (χ0n) is 13.9. The van der Waals surface area contributed by atoms with E-state index < -0.39 is 0 Å². The first kappa shape index (κ1) is 17.0. The van der Waals surface area contributed by atoms with Gasteiger partial charge in [-0.05, 0) is 30.9 Å². The third kappa shape index (κ3) is 5.54. The van der Waals surface area contributed by atoms with Crippen molar-refractivity contribution in [3.05, 3.63) is 30.3 Å². The molecule has 0 saturated carbocycles. The molecule has 1 aromatic carbocycles. The van der Waals surface area contributed by atoms with Crippen LogP contribution in [0.3, 0.4) is 0 Å². The molecular formula is C18H32N2. The Morgan fingerprint density at radius 3 is 2.30 bits per heavy atom. The molecule has 0 aliphatic rings. The van der Waals surface area contributed by atoms with Gasteiger partial charge in [0, 0.05) is 31.4 Å². The Balaban J connectivity index is 2.76. The van der Waals surface area contributed by atoms with E-state index in [1.807, 2.05) is 0 Å². The number of benzene rings is 1. The summed E-state index contributed by atoms with van der Waals surface area (Å²) in [6.07, 6.45) is 2.50. The molecule has 1 N–H and O–H groups in total. The van der Waals surface area contributed by atoms with Gasteiger partial charge in [-0.15, -0.1) is 0 Å². The van der Waals surface area contributed by atoms with Gasteiger partial charge in [-0.25, -0.2) is 0 Å². The molecule has 0 heterocycles. The van der Waals surface area contributed by atoms with E-state index in [4.69, 9.17) is 0 Å². The van der Waals surface area contributed by atoms with E-state index in [2.05, 4.69) is 75.2 Å². The summed E-state index contributed by atoms with van der Waals surface area (Å²) in [5.74, 6) is 0. The Bertz CT molecular complexity index is 361. The van der Waals surface area contributed by atoms with E-state index in [0.29, 0.717) is 11.5 Å². The van der Waals surface area contributed by atoms with Gasteiger partial charge in [0.25, 0.3) is 0 Å². The average molecular weight is 276 g/mol. The van der Waals surface area contributed by atoms with E-state index in [-0.39, 0.29) is 0 Å². The van der Waals surface area contributed by atoms with Crippen LogP contribution in [-0.4, -0.2) is 25.7 Å². The standard InChI is InChI=1S/C18H32N2/c1-6-13-18(5,14-19-16(3)4)15-20(7-2)17-11-9-8-10-12-17/h8-12,16,19H,6-7,13-15H2,1-5H3. The molecule has 1 aromatic rings. The summed E-state index contributed by atoms with van der Waals surface area (Å²) < 4.78 is 0. The molecule has 0 aromatic heterocycles. The number of hydrogen-bond donors (Lipinski definition) is 1. The van der Waals surface area contributed by atoms with Crippen LogP contribution in [0.15, 0.2) is 30.3 Å². The van der Waals surface area contributed by atoms with Crippen LogP contribution < -0.4 is 10.2 Å². The summed E-state index contributed by atoms with van der Waals surface area (Å²) in [6, 6.07) is 11.3. The monoisotopic (exact) mass is 276 g/mol. The Morgan fingerprint density at radius 1 is 1.15 bits per heavy atom. The fourth-order valence-corrected chi connectivity index (χ4v) is 2.76. The van der Waals surface area contributed by atoms with Crippen molar-refractivity contribution in [2.45, 2.75) is 53.5 Å². The summed E-state index contributed by atoms with van der Waals surface area (Å²) in [7, 11) is 0. The van der Waals surface area contributed by atoms with Gasteiger partial charge < -0.3 is 10.2 Å². The molecule has 0 bridgehead atoms. The van der Waals surface area contributed by atoms with Crippen molar-refractivity contribution in [3.8, 4) is 0 Å². The van der Waals surface area contributed by atoms with Gasteiger partial charge in [-0.1, -0.05) is 52.3 Å². The molecule has 0 aliphatic carbocycles. The number of hydrogen-bond acceptors (Lipinski definition) is 2. The number of nitrogens with one attached hydrogen (secondary N) is 1. The summed E-state index contributed by atoms with van der Waals surface area (Å²) in [4.78, 5) is 2.50. The lowest BCUT2D eigenvalue weighted by molar-refractivity contribution is 0.273. The predicted molar refractivity (Wildman–Crippen MR) is 90.5 cm³/mol. The van der Waals surface area contributed by atoms with Crippen molar-refractivity contribution in [2.75, 3.05) is 24.5 Å². The summed E-state index contributed by atoms with van der Waals surface area (Å²) in [5, 5.41) is 3.63. The van der Waals surface area contributed by atoms with Crippen LogP contribution in [0.1, 0.15) is 47.5 Å². The van der Waals surface area contributed by atoms with Crippen LogP contribution in [0.5, 0.6) is 0 Å². The lowest BCUT2D eigenvalue weighted by Crippen LogP contribution is -2.44. The van der Waals surface area contributed by atoms with Crippen LogP contribution in [0.25, 0.3) is 0 Å². The maximum Gasteiger partial charge on any atom is 0.0366 e. The third-order valence-electron chi connectivity index (χ3n) is 3.87. The molecule has 0 spiro atoms. The quantitative estimate of drug-likeness (QED) is 0.722. The molecule has 0 radical (unpaired) electrons. The minimum atomic E-state index is 0.324. The Labute approximate surface area is 125 Å². The van der Waals surface area contributed by atoms with Crippen molar-refractivity contribution < 1.29 is 0 Å². The van der Waals surface area contributed by atoms with Crippen molar-refractivity contribution >= 4 is 5.69 Å². The fraction of sp³-hybridized carbons (Fsp3) is 0.667. The smallest absolute Gasteiger partial charge is 0.0366 e. The van der Waals surface area contributed by atoms with Crippen LogP contribution >= 0.6 is 0 Å². The topological polar surface area (TPSA) is 15.3 Å². The Kier molecular flexibility index (Phi) is 7.08. The summed E-state index contributed by atoms with van der Waals surface area (Å²) >= 11 is 0. The minimum Gasteiger partial charge on any atom is -0.371 e. The zero-order valence-corrected chi connectivity index (χ0v) is 13.9. The second-order valence-corrected chi connectivity index (χ2v) is 6.45. The van der Waals surface area contributed by atoms with Crippen molar-refractivity contribution in [1.82, 2.24) is 5.32 Å². The van der Waals surface area contributed by atoms with Gasteiger partial charge >= 0.3 is 0 Å². The number of anilines is 1. The van der Waals surface area contributed by atoms with Crippen molar-refractivity contribution in [3.63, 3.8) is 0 Å². The van der Waals surface area contributed by atoms with Crippen LogP contribution in [0, 0.1) is 5.41 Å². The lowest BCUT2D eigenvalue weighted by Gasteiger charge is -2.37. The molecule has 1 unspecified atom stereocenters. The van der Waals surface area contributed by atoms with Crippen molar-refractivity contribution in [2.24, 2.45) is 5.41 Å². The molecule has 0 aliphatic heterocycles. The molecule has 2 nitrogen and oxygen atoms in total. The summed E-state index contributed by atoms with van der Waals surface area (Å²) in [6.45, 7) is 14.6. The van der Waals surface area contributed by atoms with Gasteiger partial charge in [0.05, 0.1) is 0 Å². The number of rotatable bonds is 9. The molecule has 0 amide bonds. The van der Waals surface area contributed by atoms with Crippen LogP contribution in [0.4, 0.5) is 5.69 Å². The normalized spacial score (nSPS) is 14.3. The SMILES string of the molecule is CCCC(C)(CNC(C)C)CN(CC)c1ccccc1. The number of para-hydroxylation sites is 1. The minimum absolute atomic E-state index is 0.324. The molecule has 20 heavy (non-hydrogen) atoms. The fourth-order valence-electron chi connectivity index (χ4n) is 2.76. The first-order valence-electron chi connectivity index (χ1n) is 8.04. The van der Waals surface area contributed by atoms with Gasteiger partial charge in [-0.3, -0.25) is 0 Å². The van der Waals surface area contributed by atoms with Gasteiger partial charge in [0.15, 0.2) is 0 Å². The van der Waals surface area contributed by atoms with E-state index >= 15 is 0 Å². The van der Waals surface area contributed by atoms with E-state index in [1.54, 1.807) is 0 Å².